The van der Waals surface area contributed by atoms with Crippen LogP contribution in [0.4, 0.5) is 0 Å². The van der Waals surface area contributed by atoms with Crippen LogP contribution in [0, 0.1) is 0 Å². The molecule has 7 heteroatoms. The van der Waals surface area contributed by atoms with Gasteiger partial charge >= 0.3 is 5.97 Å². The number of benzene rings is 1. The van der Waals surface area contributed by atoms with Crippen LogP contribution in [0.3, 0.4) is 0 Å². The molecule has 1 saturated heterocycles. The van der Waals surface area contributed by atoms with E-state index in [-0.39, 0.29) is 11.8 Å². The van der Waals surface area contributed by atoms with Gasteiger partial charge in [-0.1, -0.05) is 6.07 Å². The van der Waals surface area contributed by atoms with Gasteiger partial charge in [0.2, 0.25) is 5.91 Å². The predicted molar refractivity (Wildman–Crippen MR) is 91.0 cm³/mol. The Balaban J connectivity index is 1.70. The number of fused-ring (bicyclic) bond motifs is 1. The number of hydrogen-bond acceptors (Lipinski definition) is 4. The van der Waals surface area contributed by atoms with Gasteiger partial charge in [0, 0.05) is 29.9 Å². The molecule has 2 atom stereocenters. The van der Waals surface area contributed by atoms with E-state index >= 15 is 0 Å². The molecule has 1 aromatic carbocycles. The Kier molecular flexibility index (Phi) is 4.65. The fraction of sp³-hybridized carbons (Fsp3) is 0.333. The second-order valence-electron chi connectivity index (χ2n) is 6.16. The third-order valence-electron chi connectivity index (χ3n) is 4.44. The number of nitrogens with one attached hydrogen (secondary N) is 1. The number of aromatic nitrogens is 1. The average molecular weight is 341 g/mol. The van der Waals surface area contributed by atoms with Crippen LogP contribution in [-0.2, 0) is 9.59 Å². The molecule has 0 aliphatic carbocycles. The van der Waals surface area contributed by atoms with Gasteiger partial charge in [0.15, 0.2) is 0 Å². The highest BCUT2D eigenvalue weighted by Gasteiger charge is 2.36. The summed E-state index contributed by atoms with van der Waals surface area (Å²) in [6.45, 7) is 1.97. The molecule has 1 aliphatic heterocycles. The Hall–Kier alpha value is -2.96. The second kappa shape index (κ2) is 6.88. The van der Waals surface area contributed by atoms with Crippen molar-refractivity contribution in [1.29, 1.82) is 0 Å². The molecule has 7 nitrogen and oxygen atoms in total. The Bertz CT molecular complexity index is 836. The molecule has 1 fully saturated rings. The summed E-state index contributed by atoms with van der Waals surface area (Å²) in [4.78, 5) is 41.5. The van der Waals surface area contributed by atoms with E-state index in [2.05, 4.69) is 10.3 Å². The van der Waals surface area contributed by atoms with Crippen LogP contribution in [0.1, 0.15) is 30.1 Å². The number of pyridine rings is 1. The van der Waals surface area contributed by atoms with E-state index in [0.29, 0.717) is 24.9 Å². The summed E-state index contributed by atoms with van der Waals surface area (Å²) < 4.78 is 0. The molecule has 1 aromatic heterocycles. The second-order valence-corrected chi connectivity index (χ2v) is 6.16. The number of aliphatic carboxylic acids is 1. The summed E-state index contributed by atoms with van der Waals surface area (Å²) >= 11 is 0. The van der Waals surface area contributed by atoms with Crippen molar-refractivity contribution in [2.45, 2.75) is 31.8 Å². The summed E-state index contributed by atoms with van der Waals surface area (Å²) in [5.74, 6) is -1.75. The van der Waals surface area contributed by atoms with E-state index < -0.39 is 18.1 Å². The molecule has 1 aliphatic rings. The van der Waals surface area contributed by atoms with Crippen molar-refractivity contribution in [3.8, 4) is 0 Å². The zero-order valence-electron chi connectivity index (χ0n) is 13.8. The van der Waals surface area contributed by atoms with Gasteiger partial charge < -0.3 is 15.3 Å². The molecule has 2 amide bonds. The fourth-order valence-corrected chi connectivity index (χ4v) is 3.10. The maximum Gasteiger partial charge on any atom is 0.326 e. The van der Waals surface area contributed by atoms with Crippen LogP contribution in [0.2, 0.25) is 0 Å². The third kappa shape index (κ3) is 3.45. The summed E-state index contributed by atoms with van der Waals surface area (Å²) in [6.07, 6.45) is 4.46. The molecular formula is C18H19N3O4. The summed E-state index contributed by atoms with van der Waals surface area (Å²) in [7, 11) is 0. The van der Waals surface area contributed by atoms with E-state index in [0.717, 1.165) is 10.8 Å². The first-order chi connectivity index (χ1) is 12.0. The number of carboxylic acids is 1. The molecular weight excluding hydrogens is 322 g/mol. The number of carbonyl (C=O) groups excluding carboxylic acids is 2. The van der Waals surface area contributed by atoms with Gasteiger partial charge in [-0.05, 0) is 43.4 Å². The van der Waals surface area contributed by atoms with Crippen LogP contribution in [0.5, 0.6) is 0 Å². The van der Waals surface area contributed by atoms with Crippen molar-refractivity contribution in [3.05, 3.63) is 42.2 Å². The number of carbonyl (C=O) groups is 3. The van der Waals surface area contributed by atoms with Gasteiger partial charge in [0.05, 0.1) is 0 Å². The highest BCUT2D eigenvalue weighted by Crippen LogP contribution is 2.19. The van der Waals surface area contributed by atoms with Crippen molar-refractivity contribution in [1.82, 2.24) is 15.2 Å². The largest absolute Gasteiger partial charge is 0.480 e. The van der Waals surface area contributed by atoms with Gasteiger partial charge in [-0.3, -0.25) is 14.6 Å². The lowest BCUT2D eigenvalue weighted by molar-refractivity contribution is -0.148. The molecule has 2 heterocycles. The highest BCUT2D eigenvalue weighted by atomic mass is 16.4. The maximum absolute atomic E-state index is 12.5. The first-order valence-electron chi connectivity index (χ1n) is 8.15. The van der Waals surface area contributed by atoms with Crippen molar-refractivity contribution < 1.29 is 19.5 Å². The van der Waals surface area contributed by atoms with Gasteiger partial charge in [-0.25, -0.2) is 4.79 Å². The van der Waals surface area contributed by atoms with E-state index in [9.17, 15) is 19.5 Å². The Morgan fingerprint density at radius 3 is 2.84 bits per heavy atom. The van der Waals surface area contributed by atoms with Crippen molar-refractivity contribution in [2.24, 2.45) is 0 Å². The maximum atomic E-state index is 12.5. The lowest BCUT2D eigenvalue weighted by Crippen LogP contribution is -2.50. The van der Waals surface area contributed by atoms with E-state index in [4.69, 9.17) is 0 Å². The third-order valence-corrected chi connectivity index (χ3v) is 4.44. The zero-order valence-corrected chi connectivity index (χ0v) is 13.8. The number of likely N-dealkylation sites (tertiary alicyclic amines) is 1. The van der Waals surface area contributed by atoms with Gasteiger partial charge in [0.1, 0.15) is 12.1 Å². The molecule has 0 unspecified atom stereocenters. The molecule has 2 N–H and O–H groups in total. The minimum absolute atomic E-state index is 0.370. The Morgan fingerprint density at radius 2 is 2.08 bits per heavy atom. The van der Waals surface area contributed by atoms with Crippen LogP contribution in [0.15, 0.2) is 36.7 Å². The number of amides is 2. The minimum atomic E-state index is -1.01. The van der Waals surface area contributed by atoms with Gasteiger partial charge in [0.25, 0.3) is 5.91 Å². The van der Waals surface area contributed by atoms with E-state index in [1.165, 1.54) is 4.90 Å². The number of nitrogens with zero attached hydrogens (tertiary/aromatic N) is 2. The van der Waals surface area contributed by atoms with Gasteiger partial charge in [-0.15, -0.1) is 0 Å². The van der Waals surface area contributed by atoms with Crippen LogP contribution in [-0.4, -0.2) is 51.4 Å². The Labute approximate surface area is 144 Å². The van der Waals surface area contributed by atoms with E-state index in [1.54, 1.807) is 37.5 Å². The molecule has 3 rings (SSSR count). The van der Waals surface area contributed by atoms with E-state index in [1.807, 2.05) is 6.07 Å². The highest BCUT2D eigenvalue weighted by molar-refractivity contribution is 6.00. The zero-order chi connectivity index (χ0) is 18.0. The van der Waals surface area contributed by atoms with Crippen molar-refractivity contribution in [3.63, 3.8) is 0 Å². The summed E-state index contributed by atoms with van der Waals surface area (Å²) in [5.41, 5.74) is 0.439. The molecule has 0 bridgehead atoms. The normalized spacial score (nSPS) is 18.1. The SMILES string of the molecule is C[C@H](NC(=O)c1ccc2cnccc2c1)C(=O)N1CCC[C@H]1C(=O)O. The number of carboxylic acid groups (broad SMARTS) is 1. The monoisotopic (exact) mass is 341 g/mol. The quantitative estimate of drug-likeness (QED) is 0.876. The summed E-state index contributed by atoms with van der Waals surface area (Å²) in [5, 5.41) is 13.6. The minimum Gasteiger partial charge on any atom is -0.480 e. The molecule has 2 aromatic rings. The fourth-order valence-electron chi connectivity index (χ4n) is 3.10. The molecule has 0 radical (unpaired) electrons. The topological polar surface area (TPSA) is 99.6 Å². The van der Waals surface area contributed by atoms with Gasteiger partial charge in [-0.2, -0.15) is 0 Å². The smallest absolute Gasteiger partial charge is 0.326 e. The average Bonchev–Trinajstić information content (AvgIpc) is 3.10. The van der Waals surface area contributed by atoms with Crippen LogP contribution in [0.25, 0.3) is 10.8 Å². The standard InChI is InChI=1S/C18H19N3O4/c1-11(17(23)21-8-2-3-15(21)18(24)25)20-16(22)13-4-5-14-10-19-7-6-12(14)9-13/h4-7,9-11,15H,2-3,8H2,1H3,(H,20,22)(H,24,25)/t11-,15-/m0/s1. The lowest BCUT2D eigenvalue weighted by atomic mass is 10.1. The molecule has 0 spiro atoms. The summed E-state index contributed by atoms with van der Waals surface area (Å²) in [6, 6.07) is 5.42. The molecule has 130 valence electrons. The number of rotatable bonds is 4. The predicted octanol–water partition coefficient (Wildman–Crippen LogP) is 1.43. The lowest BCUT2D eigenvalue weighted by Gasteiger charge is -2.25. The van der Waals surface area contributed by atoms with Crippen molar-refractivity contribution in [2.75, 3.05) is 6.54 Å². The van der Waals surface area contributed by atoms with Crippen LogP contribution < -0.4 is 5.32 Å². The Morgan fingerprint density at radius 1 is 1.28 bits per heavy atom. The van der Waals surface area contributed by atoms with Crippen LogP contribution >= 0.6 is 0 Å². The van der Waals surface area contributed by atoms with Crippen molar-refractivity contribution >= 4 is 28.6 Å². The first kappa shape index (κ1) is 16.9. The molecule has 0 saturated carbocycles. The number of hydrogen-bond donors (Lipinski definition) is 2. The molecule has 25 heavy (non-hydrogen) atoms. The first-order valence-corrected chi connectivity index (χ1v) is 8.15.